The highest BCUT2D eigenvalue weighted by Gasteiger charge is 2.12. The van der Waals surface area contributed by atoms with Gasteiger partial charge in [0.15, 0.2) is 0 Å². The average molecular weight is 626 g/mol. The number of aromatic nitrogens is 1. The molecule has 0 fully saturated rings. The molecule has 0 aliphatic carbocycles. The van der Waals surface area contributed by atoms with Crippen LogP contribution in [0.25, 0.3) is 54.5 Å². The van der Waals surface area contributed by atoms with Crippen LogP contribution < -0.4 is 0 Å². The van der Waals surface area contributed by atoms with Crippen LogP contribution >= 0.6 is 38.5 Å². The zero-order chi connectivity index (χ0) is 23.8. The minimum atomic E-state index is 1.12. The number of halogens is 2. The summed E-state index contributed by atoms with van der Waals surface area (Å²) in [6.07, 6.45) is 0. The summed E-state index contributed by atoms with van der Waals surface area (Å²) < 4.78 is 2.38. The lowest BCUT2D eigenvalue weighted by molar-refractivity contribution is 1.56. The first kappa shape index (κ1) is 22.3. The van der Waals surface area contributed by atoms with E-state index in [0.29, 0.717) is 0 Å². The maximum atomic E-state index is 3.61. The monoisotopic (exact) mass is 625 g/mol. The maximum absolute atomic E-state index is 3.61. The van der Waals surface area contributed by atoms with Crippen molar-refractivity contribution < 1.29 is 0 Å². The predicted molar refractivity (Wildman–Crippen MR) is 163 cm³/mol. The molecule has 35 heavy (non-hydrogen) atoms. The minimum Gasteiger partial charge on any atom is -0.354 e. The first-order valence-electron chi connectivity index (χ1n) is 11.5. The highest BCUT2D eigenvalue weighted by Crippen LogP contribution is 2.38. The molecular formula is C32H21BrIN. The molecule has 0 radical (unpaired) electrons. The Bertz CT molecular complexity index is 1760. The lowest BCUT2D eigenvalue weighted by atomic mass is 9.97. The van der Waals surface area contributed by atoms with Gasteiger partial charge in [0, 0.05) is 29.7 Å². The Kier molecular flexibility index (Phi) is 6.05. The second-order valence-corrected chi connectivity index (χ2v) is 10.7. The number of hydrogen-bond donors (Lipinski definition) is 1. The van der Waals surface area contributed by atoms with Gasteiger partial charge in [0.2, 0.25) is 0 Å². The Morgan fingerprint density at radius 1 is 0.486 bits per heavy atom. The van der Waals surface area contributed by atoms with Gasteiger partial charge in [-0.3, -0.25) is 0 Å². The minimum absolute atomic E-state index is 1.12. The largest absolute Gasteiger partial charge is 0.354 e. The number of H-pyrrole nitrogens is 1. The lowest BCUT2D eigenvalue weighted by Gasteiger charge is -2.06. The van der Waals surface area contributed by atoms with E-state index in [1.165, 1.54) is 58.0 Å². The molecule has 6 aromatic carbocycles. The number of nitrogens with one attached hydrogen (secondary N) is 1. The van der Waals surface area contributed by atoms with Crippen molar-refractivity contribution in [1.82, 2.24) is 4.98 Å². The van der Waals surface area contributed by atoms with Crippen molar-refractivity contribution in [3.8, 4) is 11.1 Å². The maximum Gasteiger partial charge on any atom is 0.0551 e. The normalized spacial score (nSPS) is 11.1. The third-order valence-electron chi connectivity index (χ3n) is 6.41. The van der Waals surface area contributed by atoms with E-state index in [0.717, 1.165) is 4.47 Å². The molecule has 0 unspecified atom stereocenters. The Morgan fingerprint density at radius 2 is 0.971 bits per heavy atom. The lowest BCUT2D eigenvalue weighted by Crippen LogP contribution is -1.80. The molecule has 7 aromatic rings. The van der Waals surface area contributed by atoms with Crippen LogP contribution in [0.4, 0.5) is 0 Å². The molecule has 3 heteroatoms. The topological polar surface area (TPSA) is 15.8 Å². The SMILES string of the molecule is Brc1ccc(-c2ccc(I)cc2)cc1.c1ccc2c(c1)[nH]c1c3ccccc3c3ccccc3c21. The predicted octanol–water partition coefficient (Wildman–Crippen LogP) is 10.3. The Morgan fingerprint density at radius 3 is 1.63 bits per heavy atom. The average Bonchev–Trinajstić information content (AvgIpc) is 3.31. The van der Waals surface area contributed by atoms with Crippen LogP contribution in [0.2, 0.25) is 0 Å². The van der Waals surface area contributed by atoms with E-state index in [2.05, 4.69) is 165 Å². The van der Waals surface area contributed by atoms with Crippen LogP contribution in [-0.2, 0) is 0 Å². The van der Waals surface area contributed by atoms with E-state index in [1.807, 2.05) is 0 Å². The Labute approximate surface area is 226 Å². The van der Waals surface area contributed by atoms with Crippen LogP contribution in [0.3, 0.4) is 0 Å². The van der Waals surface area contributed by atoms with E-state index in [-0.39, 0.29) is 0 Å². The molecule has 0 saturated carbocycles. The summed E-state index contributed by atoms with van der Waals surface area (Å²) in [6.45, 7) is 0. The molecular weight excluding hydrogens is 605 g/mol. The number of aromatic amines is 1. The molecule has 1 aromatic heterocycles. The number of rotatable bonds is 1. The molecule has 168 valence electrons. The van der Waals surface area contributed by atoms with Crippen LogP contribution in [-0.4, -0.2) is 4.98 Å². The second kappa shape index (κ2) is 9.48. The van der Waals surface area contributed by atoms with Gasteiger partial charge in [-0.15, -0.1) is 0 Å². The fraction of sp³-hybridized carbons (Fsp3) is 0. The highest BCUT2D eigenvalue weighted by atomic mass is 127. The van der Waals surface area contributed by atoms with E-state index < -0.39 is 0 Å². The molecule has 1 nitrogen and oxygen atoms in total. The number of para-hydroxylation sites is 1. The van der Waals surface area contributed by atoms with E-state index in [9.17, 15) is 0 Å². The number of hydrogen-bond acceptors (Lipinski definition) is 0. The van der Waals surface area contributed by atoms with Crippen molar-refractivity contribution in [3.63, 3.8) is 0 Å². The van der Waals surface area contributed by atoms with Crippen molar-refractivity contribution in [1.29, 1.82) is 0 Å². The fourth-order valence-electron chi connectivity index (χ4n) is 4.78. The molecule has 1 N–H and O–H groups in total. The first-order valence-corrected chi connectivity index (χ1v) is 13.4. The Balaban J connectivity index is 0.000000143. The highest BCUT2D eigenvalue weighted by molar-refractivity contribution is 14.1. The van der Waals surface area contributed by atoms with Gasteiger partial charge in [-0.25, -0.2) is 0 Å². The summed E-state index contributed by atoms with van der Waals surface area (Å²) in [5, 5.41) is 7.89. The molecule has 0 aliphatic rings. The fourth-order valence-corrected chi connectivity index (χ4v) is 5.40. The van der Waals surface area contributed by atoms with E-state index in [1.54, 1.807) is 0 Å². The zero-order valence-corrected chi connectivity index (χ0v) is 22.5. The summed E-state index contributed by atoms with van der Waals surface area (Å²) in [7, 11) is 0. The molecule has 0 saturated heterocycles. The molecule has 0 spiro atoms. The van der Waals surface area contributed by atoms with Crippen molar-refractivity contribution in [2.24, 2.45) is 0 Å². The van der Waals surface area contributed by atoms with Gasteiger partial charge in [0.25, 0.3) is 0 Å². The zero-order valence-electron chi connectivity index (χ0n) is 18.8. The van der Waals surface area contributed by atoms with Gasteiger partial charge in [-0.05, 0) is 80.2 Å². The summed E-state index contributed by atoms with van der Waals surface area (Å²) >= 11 is 5.74. The van der Waals surface area contributed by atoms with Crippen molar-refractivity contribution in [2.75, 3.05) is 0 Å². The van der Waals surface area contributed by atoms with Gasteiger partial charge in [0.05, 0.1) is 5.52 Å². The molecule has 7 rings (SSSR count). The first-order chi connectivity index (χ1) is 17.2. The molecule has 0 aliphatic heterocycles. The van der Waals surface area contributed by atoms with Crippen LogP contribution in [0.5, 0.6) is 0 Å². The smallest absolute Gasteiger partial charge is 0.0551 e. The summed E-state index contributed by atoms with van der Waals surface area (Å²) in [6, 6.07) is 42.8. The van der Waals surface area contributed by atoms with Crippen LogP contribution in [0.1, 0.15) is 0 Å². The van der Waals surface area contributed by atoms with Gasteiger partial charge < -0.3 is 4.98 Å². The molecule has 0 bridgehead atoms. The summed E-state index contributed by atoms with van der Waals surface area (Å²) in [5.41, 5.74) is 4.96. The second-order valence-electron chi connectivity index (χ2n) is 8.53. The molecule has 0 atom stereocenters. The quantitative estimate of drug-likeness (QED) is 0.138. The van der Waals surface area contributed by atoms with E-state index >= 15 is 0 Å². The number of fused-ring (bicyclic) bond motifs is 8. The van der Waals surface area contributed by atoms with Crippen LogP contribution in [0, 0.1) is 3.57 Å². The summed E-state index contributed by atoms with van der Waals surface area (Å²) in [5.74, 6) is 0. The molecule has 0 amide bonds. The Hall–Kier alpha value is -3.15. The van der Waals surface area contributed by atoms with Gasteiger partial charge in [0.1, 0.15) is 0 Å². The van der Waals surface area contributed by atoms with Gasteiger partial charge in [-0.1, -0.05) is 107 Å². The third kappa shape index (κ3) is 4.24. The van der Waals surface area contributed by atoms with Crippen molar-refractivity contribution in [2.45, 2.75) is 0 Å². The van der Waals surface area contributed by atoms with Crippen LogP contribution in [0.15, 0.2) is 126 Å². The number of benzene rings is 6. The third-order valence-corrected chi connectivity index (χ3v) is 7.66. The molecule has 1 heterocycles. The van der Waals surface area contributed by atoms with Gasteiger partial charge >= 0.3 is 0 Å². The van der Waals surface area contributed by atoms with Crippen molar-refractivity contribution in [3.05, 3.63) is 129 Å². The van der Waals surface area contributed by atoms with E-state index in [4.69, 9.17) is 0 Å². The standard InChI is InChI=1S/C20H13N.C12H8BrI/c1-3-9-15-13(7-1)14-8-2-4-10-16(14)20-19(15)17-11-5-6-12-18(17)21-20;13-11-5-1-9(2-6-11)10-3-7-12(14)8-4-10/h1-12,21H;1-8H. The van der Waals surface area contributed by atoms with Gasteiger partial charge in [-0.2, -0.15) is 0 Å². The van der Waals surface area contributed by atoms with Crippen molar-refractivity contribution >= 4 is 81.9 Å². The summed E-state index contributed by atoms with van der Waals surface area (Å²) in [4.78, 5) is 3.61.